The fraction of sp³-hybridized carbons (Fsp3) is 0.250. The first-order chi connectivity index (χ1) is 11.8. The van der Waals surface area contributed by atoms with Gasteiger partial charge in [-0.2, -0.15) is 0 Å². The van der Waals surface area contributed by atoms with Crippen molar-refractivity contribution in [1.82, 2.24) is 10.6 Å². The summed E-state index contributed by atoms with van der Waals surface area (Å²) < 4.78 is 18.9. The summed E-state index contributed by atoms with van der Waals surface area (Å²) in [5.74, 6) is -0.151. The van der Waals surface area contributed by atoms with Crippen LogP contribution in [0.15, 0.2) is 33.7 Å². The number of benzene rings is 1. The third-order valence-electron chi connectivity index (χ3n) is 3.42. The molecule has 1 heterocycles. The molecule has 134 valence electrons. The van der Waals surface area contributed by atoms with Crippen molar-refractivity contribution < 1.29 is 13.6 Å². The van der Waals surface area contributed by atoms with Crippen molar-refractivity contribution in [2.75, 3.05) is 7.05 Å². The maximum atomic E-state index is 13.7. The van der Waals surface area contributed by atoms with E-state index in [2.05, 4.69) is 15.6 Å². The SMILES string of the molecule is CN=C(NCc1ccc(C(N)=O)o1)NC(C)c1cc(F)c(Cl)cc1Cl. The largest absolute Gasteiger partial charge is 0.454 e. The molecule has 2 aromatic rings. The summed E-state index contributed by atoms with van der Waals surface area (Å²) in [6, 6.07) is 5.43. The van der Waals surface area contributed by atoms with Crippen LogP contribution in [0.1, 0.15) is 34.8 Å². The number of carbonyl (C=O) groups is 1. The maximum absolute atomic E-state index is 13.7. The Balaban J connectivity index is 2.01. The third-order valence-corrected chi connectivity index (χ3v) is 4.03. The van der Waals surface area contributed by atoms with Gasteiger partial charge in [-0.1, -0.05) is 23.2 Å². The standard InChI is InChI=1S/C16H17Cl2FN4O2/c1-8(10-5-13(19)12(18)6-11(10)17)23-16(21-2)22-7-9-3-4-14(25-9)15(20)24/h3-6,8H,7H2,1-2H3,(H2,20,24)(H2,21,22,23). The van der Waals surface area contributed by atoms with Gasteiger partial charge in [0.2, 0.25) is 0 Å². The van der Waals surface area contributed by atoms with Crippen molar-refractivity contribution >= 4 is 35.1 Å². The Kier molecular flexibility index (Phi) is 6.27. The number of guanidine groups is 1. The van der Waals surface area contributed by atoms with Crippen LogP contribution in [0.3, 0.4) is 0 Å². The van der Waals surface area contributed by atoms with Gasteiger partial charge in [0.15, 0.2) is 11.7 Å². The van der Waals surface area contributed by atoms with Crippen LogP contribution >= 0.6 is 23.2 Å². The minimum Gasteiger partial charge on any atom is -0.454 e. The van der Waals surface area contributed by atoms with Gasteiger partial charge in [-0.25, -0.2) is 4.39 Å². The summed E-state index contributed by atoms with van der Waals surface area (Å²) >= 11 is 11.8. The van der Waals surface area contributed by atoms with E-state index in [0.717, 1.165) is 0 Å². The van der Waals surface area contributed by atoms with Crippen LogP contribution < -0.4 is 16.4 Å². The Bertz CT molecular complexity index is 807. The maximum Gasteiger partial charge on any atom is 0.284 e. The Hall–Kier alpha value is -2.25. The summed E-state index contributed by atoms with van der Waals surface area (Å²) in [4.78, 5) is 15.1. The number of hydrogen-bond acceptors (Lipinski definition) is 3. The Labute approximate surface area is 154 Å². The fourth-order valence-electron chi connectivity index (χ4n) is 2.12. The van der Waals surface area contributed by atoms with E-state index in [4.69, 9.17) is 33.4 Å². The smallest absolute Gasteiger partial charge is 0.284 e. The third kappa shape index (κ3) is 4.87. The van der Waals surface area contributed by atoms with Gasteiger partial charge in [-0.15, -0.1) is 0 Å². The molecule has 2 rings (SSSR count). The number of furan rings is 1. The number of amides is 1. The zero-order chi connectivity index (χ0) is 18.6. The van der Waals surface area contributed by atoms with E-state index in [0.29, 0.717) is 22.3 Å². The van der Waals surface area contributed by atoms with E-state index >= 15 is 0 Å². The van der Waals surface area contributed by atoms with E-state index in [-0.39, 0.29) is 23.4 Å². The van der Waals surface area contributed by atoms with Crippen molar-refractivity contribution in [3.63, 3.8) is 0 Å². The molecule has 9 heteroatoms. The lowest BCUT2D eigenvalue weighted by Gasteiger charge is -2.19. The van der Waals surface area contributed by atoms with Crippen LogP contribution in [0.5, 0.6) is 0 Å². The molecule has 1 aromatic heterocycles. The van der Waals surface area contributed by atoms with E-state index < -0.39 is 11.7 Å². The number of primary amides is 1. The number of nitrogens with two attached hydrogens (primary N) is 1. The van der Waals surface area contributed by atoms with Crippen molar-refractivity contribution in [2.45, 2.75) is 19.5 Å². The first-order valence-corrected chi connectivity index (χ1v) is 8.07. The van der Waals surface area contributed by atoms with E-state index in [1.54, 1.807) is 20.0 Å². The highest BCUT2D eigenvalue weighted by atomic mass is 35.5. The second kappa shape index (κ2) is 8.22. The summed E-state index contributed by atoms with van der Waals surface area (Å²) in [6.07, 6.45) is 0. The molecule has 25 heavy (non-hydrogen) atoms. The molecule has 0 aliphatic carbocycles. The molecular formula is C16H17Cl2FN4O2. The highest BCUT2D eigenvalue weighted by molar-refractivity contribution is 6.35. The predicted molar refractivity (Wildman–Crippen MR) is 95.4 cm³/mol. The predicted octanol–water partition coefficient (Wildman–Crippen LogP) is 3.25. The summed E-state index contributed by atoms with van der Waals surface area (Å²) in [6.45, 7) is 2.09. The first-order valence-electron chi connectivity index (χ1n) is 7.32. The molecule has 0 saturated carbocycles. The number of aliphatic imine (C=N–C) groups is 1. The zero-order valence-electron chi connectivity index (χ0n) is 13.6. The van der Waals surface area contributed by atoms with Crippen LogP contribution in [0.25, 0.3) is 0 Å². The van der Waals surface area contributed by atoms with Gasteiger partial charge in [0.25, 0.3) is 5.91 Å². The summed E-state index contributed by atoms with van der Waals surface area (Å²) in [5.41, 5.74) is 5.68. The van der Waals surface area contributed by atoms with Gasteiger partial charge >= 0.3 is 0 Å². The van der Waals surface area contributed by atoms with Crippen molar-refractivity contribution in [2.24, 2.45) is 10.7 Å². The molecule has 0 radical (unpaired) electrons. The highest BCUT2D eigenvalue weighted by Crippen LogP contribution is 2.28. The van der Waals surface area contributed by atoms with Gasteiger partial charge < -0.3 is 20.8 Å². The molecule has 0 aliphatic rings. The summed E-state index contributed by atoms with van der Waals surface area (Å²) in [7, 11) is 1.59. The van der Waals surface area contributed by atoms with Crippen LogP contribution in [-0.4, -0.2) is 18.9 Å². The Morgan fingerprint density at radius 1 is 1.36 bits per heavy atom. The number of carbonyl (C=O) groups excluding carboxylic acids is 1. The molecule has 0 spiro atoms. The van der Waals surface area contributed by atoms with Crippen LogP contribution in [0, 0.1) is 5.82 Å². The zero-order valence-corrected chi connectivity index (χ0v) is 15.1. The molecule has 0 bridgehead atoms. The molecule has 0 fully saturated rings. The van der Waals surface area contributed by atoms with E-state index in [9.17, 15) is 9.18 Å². The molecule has 1 amide bonds. The van der Waals surface area contributed by atoms with Gasteiger partial charge in [-0.3, -0.25) is 9.79 Å². The minimum absolute atomic E-state index is 0.0356. The van der Waals surface area contributed by atoms with Gasteiger partial charge in [0.05, 0.1) is 17.6 Å². The molecule has 4 N–H and O–H groups in total. The topological polar surface area (TPSA) is 92.6 Å². The summed E-state index contributed by atoms with van der Waals surface area (Å²) in [5, 5.41) is 6.41. The lowest BCUT2D eigenvalue weighted by Crippen LogP contribution is -2.38. The average Bonchev–Trinajstić information content (AvgIpc) is 3.03. The average molecular weight is 387 g/mol. The van der Waals surface area contributed by atoms with E-state index in [1.807, 2.05) is 0 Å². The number of nitrogens with zero attached hydrogens (tertiary/aromatic N) is 1. The molecular weight excluding hydrogens is 370 g/mol. The van der Waals surface area contributed by atoms with E-state index in [1.165, 1.54) is 18.2 Å². The van der Waals surface area contributed by atoms with Crippen LogP contribution in [0.2, 0.25) is 10.0 Å². The number of halogens is 3. The molecule has 0 aliphatic heterocycles. The van der Waals surface area contributed by atoms with Crippen molar-refractivity contribution in [3.8, 4) is 0 Å². The second-order valence-corrected chi connectivity index (χ2v) is 6.02. The van der Waals surface area contributed by atoms with Crippen LogP contribution in [-0.2, 0) is 6.54 Å². The normalized spacial score (nSPS) is 12.8. The monoisotopic (exact) mass is 386 g/mol. The Morgan fingerprint density at radius 3 is 2.68 bits per heavy atom. The number of rotatable bonds is 5. The molecule has 1 unspecified atom stereocenters. The quantitative estimate of drug-likeness (QED) is 0.417. The van der Waals surface area contributed by atoms with Crippen molar-refractivity contribution in [1.29, 1.82) is 0 Å². The first kappa shape index (κ1) is 19.1. The molecule has 1 aromatic carbocycles. The number of nitrogens with one attached hydrogen (secondary N) is 2. The molecule has 6 nitrogen and oxygen atoms in total. The lowest BCUT2D eigenvalue weighted by molar-refractivity contribution is 0.0972. The fourth-order valence-corrected chi connectivity index (χ4v) is 2.67. The minimum atomic E-state index is -0.637. The van der Waals surface area contributed by atoms with Gasteiger partial charge in [0, 0.05) is 12.1 Å². The molecule has 0 saturated heterocycles. The van der Waals surface area contributed by atoms with Crippen LogP contribution in [0.4, 0.5) is 4.39 Å². The Morgan fingerprint density at radius 2 is 2.08 bits per heavy atom. The van der Waals surface area contributed by atoms with Gasteiger partial charge in [0.1, 0.15) is 11.6 Å². The number of hydrogen-bond donors (Lipinski definition) is 3. The van der Waals surface area contributed by atoms with Crippen molar-refractivity contribution in [3.05, 3.63) is 57.2 Å². The molecule has 1 atom stereocenters. The highest BCUT2D eigenvalue weighted by Gasteiger charge is 2.15. The lowest BCUT2D eigenvalue weighted by atomic mass is 10.1. The van der Waals surface area contributed by atoms with Gasteiger partial charge in [-0.05, 0) is 36.8 Å². The second-order valence-electron chi connectivity index (χ2n) is 5.21.